The third kappa shape index (κ3) is 5.23. The average Bonchev–Trinajstić information content (AvgIpc) is 3.27. The second kappa shape index (κ2) is 9.52. The molecule has 7 heteroatoms. The number of carbonyl (C=O) groups excluding carboxylic acids is 1. The summed E-state index contributed by atoms with van der Waals surface area (Å²) in [5.74, 6) is -0.107. The van der Waals surface area contributed by atoms with Crippen LogP contribution in [0.2, 0.25) is 0 Å². The van der Waals surface area contributed by atoms with E-state index in [9.17, 15) is 9.18 Å². The Bertz CT molecular complexity index is 953. The van der Waals surface area contributed by atoms with Crippen molar-refractivity contribution >= 4 is 11.9 Å². The van der Waals surface area contributed by atoms with Gasteiger partial charge < -0.3 is 14.6 Å². The molecule has 4 rings (SSSR count). The van der Waals surface area contributed by atoms with E-state index < -0.39 is 6.04 Å². The molecule has 0 bridgehead atoms. The molecule has 30 heavy (non-hydrogen) atoms. The highest BCUT2D eigenvalue weighted by Crippen LogP contribution is 2.23. The lowest BCUT2D eigenvalue weighted by molar-refractivity contribution is -0.121. The highest BCUT2D eigenvalue weighted by molar-refractivity contribution is 5.78. The average molecular weight is 408 g/mol. The van der Waals surface area contributed by atoms with E-state index >= 15 is 0 Å². The minimum atomic E-state index is -0.439. The summed E-state index contributed by atoms with van der Waals surface area (Å²) in [6.07, 6.45) is 4.13. The lowest BCUT2D eigenvalue weighted by Crippen LogP contribution is -2.31. The van der Waals surface area contributed by atoms with Gasteiger partial charge in [0.15, 0.2) is 0 Å². The summed E-state index contributed by atoms with van der Waals surface area (Å²) in [4.78, 5) is 14.8. The van der Waals surface area contributed by atoms with E-state index in [1.54, 1.807) is 12.1 Å². The number of halogens is 1. The molecule has 2 heterocycles. The molecule has 1 atom stereocenters. The molecule has 156 valence electrons. The Hall–Kier alpha value is -3.22. The summed E-state index contributed by atoms with van der Waals surface area (Å²) < 4.78 is 19.1. The third-order valence-corrected chi connectivity index (χ3v) is 5.25. The van der Waals surface area contributed by atoms with Crippen LogP contribution in [-0.2, 0) is 17.6 Å². The van der Waals surface area contributed by atoms with E-state index in [2.05, 4.69) is 20.4 Å². The lowest BCUT2D eigenvalue weighted by Gasteiger charge is -2.24. The molecule has 1 aromatic heterocycles. The molecule has 3 aromatic rings. The first kappa shape index (κ1) is 20.1. The highest BCUT2D eigenvalue weighted by atomic mass is 19.1. The van der Waals surface area contributed by atoms with E-state index in [-0.39, 0.29) is 18.1 Å². The predicted molar refractivity (Wildman–Crippen MR) is 111 cm³/mol. The van der Waals surface area contributed by atoms with Gasteiger partial charge in [0.25, 0.3) is 0 Å². The smallest absolute Gasteiger partial charge is 0.318 e. The topological polar surface area (TPSA) is 71.3 Å². The Morgan fingerprint density at radius 3 is 2.47 bits per heavy atom. The van der Waals surface area contributed by atoms with Gasteiger partial charge >= 0.3 is 6.01 Å². The summed E-state index contributed by atoms with van der Waals surface area (Å²) >= 11 is 0. The molecule has 0 saturated carbocycles. The van der Waals surface area contributed by atoms with Crippen molar-refractivity contribution in [3.8, 4) is 0 Å². The summed E-state index contributed by atoms with van der Waals surface area (Å²) in [7, 11) is 0. The summed E-state index contributed by atoms with van der Waals surface area (Å²) in [6, 6.07) is 15.9. The quantitative estimate of drug-likeness (QED) is 0.643. The second-order valence-electron chi connectivity index (χ2n) is 7.58. The number of nitrogens with zero attached hydrogens (tertiary/aromatic N) is 3. The maximum Gasteiger partial charge on any atom is 0.318 e. The van der Waals surface area contributed by atoms with E-state index in [1.165, 1.54) is 18.6 Å². The van der Waals surface area contributed by atoms with Crippen LogP contribution in [0, 0.1) is 5.82 Å². The van der Waals surface area contributed by atoms with Gasteiger partial charge in [-0.05, 0) is 42.5 Å². The van der Waals surface area contributed by atoms with Gasteiger partial charge in [-0.1, -0.05) is 47.6 Å². The van der Waals surface area contributed by atoms with Crippen molar-refractivity contribution in [3.63, 3.8) is 0 Å². The van der Waals surface area contributed by atoms with Crippen molar-refractivity contribution in [3.05, 3.63) is 77.4 Å². The van der Waals surface area contributed by atoms with Crippen LogP contribution < -0.4 is 10.2 Å². The van der Waals surface area contributed by atoms with Crippen molar-refractivity contribution in [1.82, 2.24) is 15.5 Å². The monoisotopic (exact) mass is 408 g/mol. The van der Waals surface area contributed by atoms with Gasteiger partial charge in [0, 0.05) is 19.5 Å². The molecular formula is C23H25FN4O2. The van der Waals surface area contributed by atoms with E-state index in [4.69, 9.17) is 4.42 Å². The SMILES string of the molecule is O=C(Cc1ccc(F)cc1)NC(Cc1ccccc1)c1nnc(N2CCCCC2)o1. The molecule has 1 unspecified atom stereocenters. The Morgan fingerprint density at radius 1 is 1.00 bits per heavy atom. The van der Waals surface area contributed by atoms with Gasteiger partial charge in [0.05, 0.1) is 6.42 Å². The molecule has 6 nitrogen and oxygen atoms in total. The fraction of sp³-hybridized carbons (Fsp3) is 0.348. The lowest BCUT2D eigenvalue weighted by atomic mass is 10.1. The van der Waals surface area contributed by atoms with Gasteiger partial charge in [-0.25, -0.2) is 4.39 Å². The third-order valence-electron chi connectivity index (χ3n) is 5.25. The number of amides is 1. The molecule has 0 aliphatic carbocycles. The fourth-order valence-electron chi connectivity index (χ4n) is 3.66. The van der Waals surface area contributed by atoms with Crippen LogP contribution in [-0.4, -0.2) is 29.2 Å². The molecule has 0 spiro atoms. The van der Waals surface area contributed by atoms with Crippen LogP contribution in [0.4, 0.5) is 10.4 Å². The Labute approximate surface area is 175 Å². The van der Waals surface area contributed by atoms with Gasteiger partial charge in [-0.3, -0.25) is 4.79 Å². The van der Waals surface area contributed by atoms with Gasteiger partial charge in [0.1, 0.15) is 11.9 Å². The fourth-order valence-corrected chi connectivity index (χ4v) is 3.66. The molecule has 1 saturated heterocycles. The van der Waals surface area contributed by atoms with Crippen molar-refractivity contribution < 1.29 is 13.6 Å². The number of rotatable bonds is 7. The summed E-state index contributed by atoms with van der Waals surface area (Å²) in [5, 5.41) is 11.5. The van der Waals surface area contributed by atoms with Gasteiger partial charge in [-0.15, -0.1) is 5.10 Å². The van der Waals surface area contributed by atoms with E-state index in [0.717, 1.165) is 37.1 Å². The molecule has 1 N–H and O–H groups in total. The van der Waals surface area contributed by atoms with Crippen LogP contribution in [0.5, 0.6) is 0 Å². The number of carbonyl (C=O) groups is 1. The number of benzene rings is 2. The predicted octanol–water partition coefficient (Wildman–Crippen LogP) is 3.84. The number of aromatic nitrogens is 2. The van der Waals surface area contributed by atoms with Crippen LogP contribution >= 0.6 is 0 Å². The second-order valence-corrected chi connectivity index (χ2v) is 7.58. The molecule has 1 aliphatic heterocycles. The molecule has 1 aliphatic rings. The van der Waals surface area contributed by atoms with Crippen molar-refractivity contribution in [2.24, 2.45) is 0 Å². The maximum absolute atomic E-state index is 13.1. The van der Waals surface area contributed by atoms with Crippen LogP contribution in [0.1, 0.15) is 42.3 Å². The first-order valence-electron chi connectivity index (χ1n) is 10.3. The molecule has 0 radical (unpaired) electrons. The largest absolute Gasteiger partial charge is 0.406 e. The molecule has 2 aromatic carbocycles. The Morgan fingerprint density at radius 2 is 1.73 bits per heavy atom. The summed E-state index contributed by atoms with van der Waals surface area (Å²) in [5.41, 5.74) is 1.80. The zero-order valence-electron chi connectivity index (χ0n) is 16.8. The van der Waals surface area contributed by atoms with Crippen LogP contribution in [0.25, 0.3) is 0 Å². The zero-order valence-corrected chi connectivity index (χ0v) is 16.8. The molecule has 1 amide bonds. The van der Waals surface area contributed by atoms with Crippen molar-refractivity contribution in [1.29, 1.82) is 0 Å². The van der Waals surface area contributed by atoms with E-state index in [1.807, 2.05) is 30.3 Å². The van der Waals surface area contributed by atoms with E-state index in [0.29, 0.717) is 18.3 Å². The van der Waals surface area contributed by atoms with Crippen molar-refractivity contribution in [2.45, 2.75) is 38.1 Å². The normalized spacial score (nSPS) is 15.0. The molecular weight excluding hydrogens is 383 g/mol. The Balaban J connectivity index is 1.49. The molecule has 1 fully saturated rings. The highest BCUT2D eigenvalue weighted by Gasteiger charge is 2.24. The zero-order chi connectivity index (χ0) is 20.8. The number of hydrogen-bond donors (Lipinski definition) is 1. The standard InChI is InChI=1S/C23H25FN4O2/c24-19-11-9-18(10-12-19)16-21(29)25-20(15-17-7-3-1-4-8-17)22-26-27-23(30-22)28-13-5-2-6-14-28/h1,3-4,7-12,20H,2,5-6,13-16H2,(H,25,29). The minimum absolute atomic E-state index is 0.151. The first-order chi connectivity index (χ1) is 14.7. The number of piperidine rings is 1. The first-order valence-corrected chi connectivity index (χ1v) is 10.3. The van der Waals surface area contributed by atoms with Crippen LogP contribution in [0.3, 0.4) is 0 Å². The van der Waals surface area contributed by atoms with Crippen LogP contribution in [0.15, 0.2) is 59.0 Å². The Kier molecular flexibility index (Phi) is 6.37. The number of hydrogen-bond acceptors (Lipinski definition) is 5. The van der Waals surface area contributed by atoms with Crippen molar-refractivity contribution in [2.75, 3.05) is 18.0 Å². The number of anilines is 1. The number of nitrogens with one attached hydrogen (secondary N) is 1. The maximum atomic E-state index is 13.1. The summed E-state index contributed by atoms with van der Waals surface area (Å²) in [6.45, 7) is 1.81. The van der Waals surface area contributed by atoms with Gasteiger partial charge in [0.2, 0.25) is 11.8 Å². The van der Waals surface area contributed by atoms with Gasteiger partial charge in [-0.2, -0.15) is 0 Å². The minimum Gasteiger partial charge on any atom is -0.406 e.